The van der Waals surface area contributed by atoms with Gasteiger partial charge in [0.15, 0.2) is 0 Å². The van der Waals surface area contributed by atoms with Crippen LogP contribution < -0.4 is 0 Å². The normalized spacial score (nSPS) is 28.6. The number of hydrogen-bond donors (Lipinski definition) is 1. The zero-order valence-electron chi connectivity index (χ0n) is 14.0. The highest BCUT2D eigenvalue weighted by Crippen LogP contribution is 2.53. The van der Waals surface area contributed by atoms with E-state index in [1.165, 1.54) is 5.56 Å². The molecule has 0 radical (unpaired) electrons. The van der Waals surface area contributed by atoms with Crippen LogP contribution in [0.1, 0.15) is 60.0 Å². The number of nitrogens with zero attached hydrogens (tertiary/aromatic N) is 1. The molecule has 0 saturated heterocycles. The average molecular weight is 353 g/mol. The lowest BCUT2D eigenvalue weighted by Crippen LogP contribution is -2.46. The molecule has 3 nitrogen and oxygen atoms in total. The zero-order valence-corrected chi connectivity index (χ0v) is 14.0. The largest absolute Gasteiger partial charge is 0.478 e. The Morgan fingerprint density at radius 1 is 1.16 bits per heavy atom. The topological polar surface area (TPSA) is 40.5 Å². The third-order valence-electron chi connectivity index (χ3n) is 6.33. The summed E-state index contributed by atoms with van der Waals surface area (Å²) >= 11 is 0. The van der Waals surface area contributed by atoms with Crippen molar-refractivity contribution in [3.05, 3.63) is 34.9 Å². The summed E-state index contributed by atoms with van der Waals surface area (Å²) in [6.45, 7) is 1.55. The zero-order chi connectivity index (χ0) is 17.8. The molecule has 2 saturated carbocycles. The summed E-state index contributed by atoms with van der Waals surface area (Å²) in [5.74, 6) is -2.09. The lowest BCUT2D eigenvalue weighted by atomic mass is 9.81. The monoisotopic (exact) mass is 353 g/mol. The van der Waals surface area contributed by atoms with Crippen molar-refractivity contribution < 1.29 is 23.1 Å². The van der Waals surface area contributed by atoms with Crippen LogP contribution in [0.4, 0.5) is 13.2 Å². The number of alkyl halides is 3. The van der Waals surface area contributed by atoms with Gasteiger partial charge in [0.05, 0.1) is 11.5 Å². The summed E-state index contributed by atoms with van der Waals surface area (Å²) in [5, 5.41) is 9.23. The second-order valence-corrected chi connectivity index (χ2v) is 7.91. The molecule has 1 aromatic rings. The number of hydrogen-bond acceptors (Lipinski definition) is 2. The highest BCUT2D eigenvalue weighted by Gasteiger charge is 2.51. The fraction of sp³-hybridized carbons (Fsp3) is 0.632. The Kier molecular flexibility index (Phi) is 3.87. The van der Waals surface area contributed by atoms with Crippen LogP contribution in [0.25, 0.3) is 0 Å². The molecule has 0 aromatic heterocycles. The molecule has 25 heavy (non-hydrogen) atoms. The molecule has 1 heterocycles. The third kappa shape index (κ3) is 3.05. The number of carbonyl (C=O) groups is 1. The maximum absolute atomic E-state index is 12.9. The maximum atomic E-state index is 12.9. The van der Waals surface area contributed by atoms with E-state index in [0.29, 0.717) is 19.4 Å². The molecule has 1 N–H and O–H groups in total. The summed E-state index contributed by atoms with van der Waals surface area (Å²) < 4.78 is 38.7. The molecule has 3 aliphatic rings. The fourth-order valence-corrected chi connectivity index (χ4v) is 4.73. The number of aromatic carboxylic acids is 1. The first-order valence-corrected chi connectivity index (χ1v) is 8.96. The van der Waals surface area contributed by atoms with Crippen molar-refractivity contribution in [2.45, 2.75) is 62.7 Å². The van der Waals surface area contributed by atoms with Crippen LogP contribution >= 0.6 is 0 Å². The third-order valence-corrected chi connectivity index (χ3v) is 6.33. The van der Waals surface area contributed by atoms with E-state index in [2.05, 4.69) is 4.90 Å². The first kappa shape index (κ1) is 16.9. The van der Waals surface area contributed by atoms with Crippen LogP contribution in [0.2, 0.25) is 0 Å². The Morgan fingerprint density at radius 2 is 1.84 bits per heavy atom. The van der Waals surface area contributed by atoms with E-state index in [1.807, 2.05) is 6.07 Å². The molecule has 136 valence electrons. The van der Waals surface area contributed by atoms with Gasteiger partial charge in [-0.25, -0.2) is 4.79 Å². The molecular formula is C19H22F3NO2. The van der Waals surface area contributed by atoms with Gasteiger partial charge in [0.2, 0.25) is 0 Å². The molecule has 0 atom stereocenters. The van der Waals surface area contributed by atoms with Crippen molar-refractivity contribution in [3.8, 4) is 0 Å². The second-order valence-electron chi connectivity index (χ2n) is 7.91. The van der Waals surface area contributed by atoms with Crippen molar-refractivity contribution >= 4 is 5.97 Å². The molecule has 6 heteroatoms. The highest BCUT2D eigenvalue weighted by molar-refractivity contribution is 5.88. The van der Waals surface area contributed by atoms with Gasteiger partial charge in [0.1, 0.15) is 0 Å². The Morgan fingerprint density at radius 3 is 2.40 bits per heavy atom. The molecule has 2 fully saturated rings. The van der Waals surface area contributed by atoms with Crippen molar-refractivity contribution in [1.29, 1.82) is 0 Å². The Hall–Kier alpha value is -1.56. The number of carboxylic acids is 1. The molecule has 0 amide bonds. The van der Waals surface area contributed by atoms with Gasteiger partial charge in [0, 0.05) is 24.5 Å². The summed E-state index contributed by atoms with van der Waals surface area (Å²) in [6.07, 6.45) is -0.336. The number of carboxylic acid groups (broad SMARTS) is 1. The maximum Gasteiger partial charge on any atom is 0.391 e. The standard InChI is InChI=1S/C19H22F3NO2/c20-19(21,22)14-2-4-15(5-3-14)23-10-13-9-12(17(24)25)1-6-16(13)18(11-23)7-8-18/h1,6,9,14-15H,2-5,7-8,10-11H2,(H,24,25). The van der Waals surface area contributed by atoms with E-state index in [9.17, 15) is 23.1 Å². The Bertz CT molecular complexity index is 688. The van der Waals surface area contributed by atoms with E-state index in [0.717, 1.165) is 24.9 Å². The van der Waals surface area contributed by atoms with Crippen molar-refractivity contribution in [3.63, 3.8) is 0 Å². The van der Waals surface area contributed by atoms with Gasteiger partial charge in [-0.2, -0.15) is 13.2 Å². The Balaban J connectivity index is 1.52. The number of halogens is 3. The Labute approximate surface area is 144 Å². The van der Waals surface area contributed by atoms with Crippen molar-refractivity contribution in [1.82, 2.24) is 4.90 Å². The van der Waals surface area contributed by atoms with E-state index in [4.69, 9.17) is 0 Å². The molecule has 0 unspecified atom stereocenters. The van der Waals surface area contributed by atoms with E-state index in [1.54, 1.807) is 12.1 Å². The van der Waals surface area contributed by atoms with Crippen LogP contribution in [0, 0.1) is 5.92 Å². The van der Waals surface area contributed by atoms with Gasteiger partial charge in [-0.3, -0.25) is 4.90 Å². The summed E-state index contributed by atoms with van der Waals surface area (Å²) in [5.41, 5.74) is 2.68. The molecular weight excluding hydrogens is 331 g/mol. The smallest absolute Gasteiger partial charge is 0.391 e. The van der Waals surface area contributed by atoms with Crippen LogP contribution in [0.5, 0.6) is 0 Å². The molecule has 1 aliphatic heterocycles. The van der Waals surface area contributed by atoms with Crippen LogP contribution in [-0.2, 0) is 12.0 Å². The van der Waals surface area contributed by atoms with Crippen molar-refractivity contribution in [2.24, 2.45) is 5.92 Å². The first-order chi connectivity index (χ1) is 11.8. The van der Waals surface area contributed by atoms with E-state index in [-0.39, 0.29) is 29.9 Å². The van der Waals surface area contributed by atoms with Crippen molar-refractivity contribution in [2.75, 3.05) is 6.54 Å². The summed E-state index contributed by atoms with van der Waals surface area (Å²) in [7, 11) is 0. The van der Waals surface area contributed by atoms with E-state index >= 15 is 0 Å². The van der Waals surface area contributed by atoms with Gasteiger partial charge in [-0.05, 0) is 61.8 Å². The summed E-state index contributed by atoms with van der Waals surface area (Å²) in [6, 6.07) is 5.55. The minimum Gasteiger partial charge on any atom is -0.478 e. The SMILES string of the molecule is O=C(O)c1ccc2c(c1)CN(C1CCC(C(F)(F)F)CC1)CC21CC1. The van der Waals surface area contributed by atoms with Crippen LogP contribution in [-0.4, -0.2) is 34.7 Å². The number of fused-ring (bicyclic) bond motifs is 2. The second kappa shape index (κ2) is 5.73. The fourth-order valence-electron chi connectivity index (χ4n) is 4.73. The van der Waals surface area contributed by atoms with Crippen LogP contribution in [0.3, 0.4) is 0 Å². The van der Waals surface area contributed by atoms with Gasteiger partial charge in [-0.1, -0.05) is 6.07 Å². The minimum absolute atomic E-state index is 0.103. The first-order valence-electron chi connectivity index (χ1n) is 8.96. The summed E-state index contributed by atoms with van der Waals surface area (Å²) in [4.78, 5) is 13.6. The predicted octanol–water partition coefficient (Wildman–Crippen LogP) is 4.35. The minimum atomic E-state index is -4.08. The van der Waals surface area contributed by atoms with Crippen LogP contribution in [0.15, 0.2) is 18.2 Å². The van der Waals surface area contributed by atoms with E-state index < -0.39 is 18.1 Å². The van der Waals surface area contributed by atoms with Gasteiger partial charge < -0.3 is 5.11 Å². The molecule has 2 aliphatic carbocycles. The van der Waals surface area contributed by atoms with Gasteiger partial charge >= 0.3 is 12.1 Å². The predicted molar refractivity (Wildman–Crippen MR) is 86.5 cm³/mol. The molecule has 1 aromatic carbocycles. The average Bonchev–Trinajstić information content (AvgIpc) is 3.33. The number of benzene rings is 1. The van der Waals surface area contributed by atoms with Gasteiger partial charge in [-0.15, -0.1) is 0 Å². The molecule has 1 spiro atoms. The highest BCUT2D eigenvalue weighted by atomic mass is 19.4. The molecule has 0 bridgehead atoms. The number of rotatable bonds is 2. The molecule has 4 rings (SSSR count). The lowest BCUT2D eigenvalue weighted by molar-refractivity contribution is -0.184. The quantitative estimate of drug-likeness (QED) is 0.859. The van der Waals surface area contributed by atoms with Gasteiger partial charge in [0.25, 0.3) is 0 Å². The lowest BCUT2D eigenvalue weighted by Gasteiger charge is -2.43.